The van der Waals surface area contributed by atoms with E-state index in [9.17, 15) is 0 Å². The minimum atomic E-state index is 0.784. The molecule has 0 spiro atoms. The number of benzene rings is 2. The molecule has 2 heterocycles. The molecule has 0 saturated carbocycles. The Morgan fingerprint density at radius 2 is 1.92 bits per heavy atom. The molecule has 0 amide bonds. The molecule has 4 rings (SSSR count). The van der Waals surface area contributed by atoms with Crippen LogP contribution in [0.4, 0.5) is 0 Å². The van der Waals surface area contributed by atoms with Crippen molar-refractivity contribution in [2.45, 2.75) is 4.90 Å². The monoisotopic (exact) mass is 379 g/mol. The van der Waals surface area contributed by atoms with Gasteiger partial charge in [-0.05, 0) is 36.1 Å². The molecule has 2 aromatic carbocycles. The van der Waals surface area contributed by atoms with Gasteiger partial charge < -0.3 is 4.42 Å². The lowest BCUT2D eigenvalue weighted by molar-refractivity contribution is 0.622. The summed E-state index contributed by atoms with van der Waals surface area (Å²) in [5.74, 6) is 0.784. The average Bonchev–Trinajstić information content (AvgIpc) is 3.29. The van der Waals surface area contributed by atoms with E-state index < -0.39 is 0 Å². The third-order valence-corrected chi connectivity index (χ3v) is 5.64. The predicted molar refractivity (Wildman–Crippen MR) is 110 cm³/mol. The summed E-state index contributed by atoms with van der Waals surface area (Å²) in [5, 5.41) is 7.75. The van der Waals surface area contributed by atoms with Gasteiger partial charge >= 0.3 is 0 Å². The van der Waals surface area contributed by atoms with E-state index in [1.807, 2.05) is 46.6 Å². The molecule has 0 N–H and O–H groups in total. The first-order valence-corrected chi connectivity index (χ1v) is 10.2. The van der Waals surface area contributed by atoms with Gasteiger partial charge in [0.1, 0.15) is 11.3 Å². The lowest BCUT2D eigenvalue weighted by Gasteiger charge is -2.00. The zero-order valence-electron chi connectivity index (χ0n) is 14.4. The largest absolute Gasteiger partial charge is 0.454 e. The van der Waals surface area contributed by atoms with Gasteiger partial charge in [-0.25, -0.2) is 4.68 Å². The van der Waals surface area contributed by atoms with E-state index in [0.29, 0.717) is 0 Å². The number of thioether (sulfide) groups is 1. The number of para-hydroxylation sites is 1. The molecule has 0 aliphatic carbocycles. The number of rotatable bonds is 4. The van der Waals surface area contributed by atoms with Crippen molar-refractivity contribution in [3.05, 3.63) is 70.3 Å². The van der Waals surface area contributed by atoms with Crippen LogP contribution in [-0.2, 0) is 0 Å². The molecule has 0 fully saturated rings. The number of fused-ring (bicyclic) bond motifs is 1. The first-order chi connectivity index (χ1) is 12.8. The zero-order valence-corrected chi connectivity index (χ0v) is 16.1. The van der Waals surface area contributed by atoms with E-state index in [-0.39, 0.29) is 0 Å². The van der Waals surface area contributed by atoms with Gasteiger partial charge in [-0.2, -0.15) is 5.10 Å². The second-order valence-corrected chi connectivity index (χ2v) is 7.32. The van der Waals surface area contributed by atoms with Crippen LogP contribution in [0.1, 0.15) is 5.56 Å². The van der Waals surface area contributed by atoms with Gasteiger partial charge in [0, 0.05) is 22.7 Å². The Bertz CT molecular complexity index is 1100. The maximum absolute atomic E-state index is 6.00. The Morgan fingerprint density at radius 3 is 2.65 bits per heavy atom. The number of nitrogens with zero attached hydrogens (tertiary/aromatic N) is 3. The van der Waals surface area contributed by atoms with Crippen molar-refractivity contribution in [3.8, 4) is 11.5 Å². The highest BCUT2D eigenvalue weighted by atomic mass is 32.2. The van der Waals surface area contributed by atoms with Gasteiger partial charge in [0.15, 0.2) is 5.76 Å². The third kappa shape index (κ3) is 3.25. The van der Waals surface area contributed by atoms with Crippen molar-refractivity contribution in [1.82, 2.24) is 4.68 Å². The summed E-state index contributed by atoms with van der Waals surface area (Å²) in [7, 11) is 1.77. The maximum atomic E-state index is 6.00. The van der Waals surface area contributed by atoms with Gasteiger partial charge in [0.05, 0.1) is 6.21 Å². The Morgan fingerprint density at radius 1 is 1.12 bits per heavy atom. The van der Waals surface area contributed by atoms with Crippen LogP contribution >= 0.6 is 23.1 Å². The molecule has 0 radical (unpaired) electrons. The van der Waals surface area contributed by atoms with E-state index >= 15 is 0 Å². The molecule has 0 atom stereocenters. The van der Waals surface area contributed by atoms with Gasteiger partial charge in [-0.1, -0.05) is 30.3 Å². The number of hydrogen-bond acceptors (Lipinski definition) is 5. The summed E-state index contributed by atoms with van der Waals surface area (Å²) >= 11 is 3.27. The first kappa shape index (κ1) is 16.9. The van der Waals surface area contributed by atoms with Crippen LogP contribution in [0, 0.1) is 0 Å². The molecule has 6 heteroatoms. The van der Waals surface area contributed by atoms with Crippen molar-refractivity contribution < 1.29 is 4.42 Å². The average molecular weight is 380 g/mol. The molecule has 26 heavy (non-hydrogen) atoms. The van der Waals surface area contributed by atoms with Gasteiger partial charge in [0.2, 0.25) is 4.80 Å². The van der Waals surface area contributed by atoms with Crippen molar-refractivity contribution in [3.63, 3.8) is 0 Å². The van der Waals surface area contributed by atoms with Crippen molar-refractivity contribution >= 4 is 40.3 Å². The number of furan rings is 1. The normalized spacial score (nSPS) is 12.5. The minimum Gasteiger partial charge on any atom is -0.454 e. The lowest BCUT2D eigenvalue weighted by Crippen LogP contribution is -2.11. The zero-order chi connectivity index (χ0) is 17.9. The van der Waals surface area contributed by atoms with Crippen LogP contribution in [0.25, 0.3) is 22.4 Å². The van der Waals surface area contributed by atoms with Crippen LogP contribution in [0.15, 0.2) is 79.4 Å². The highest BCUT2D eigenvalue weighted by molar-refractivity contribution is 7.98. The molecule has 2 aromatic heterocycles. The summed E-state index contributed by atoms with van der Waals surface area (Å²) in [4.78, 5) is 6.38. The molecule has 0 aliphatic heterocycles. The smallest absolute Gasteiger partial charge is 0.206 e. The van der Waals surface area contributed by atoms with Gasteiger partial charge in [0.25, 0.3) is 0 Å². The van der Waals surface area contributed by atoms with E-state index in [2.05, 4.69) is 40.6 Å². The fourth-order valence-corrected chi connectivity index (χ4v) is 3.85. The molecular weight excluding hydrogens is 362 g/mol. The van der Waals surface area contributed by atoms with Crippen LogP contribution < -0.4 is 4.80 Å². The van der Waals surface area contributed by atoms with Crippen molar-refractivity contribution in [2.75, 3.05) is 13.3 Å². The molecule has 0 bridgehead atoms. The molecule has 4 nitrogen and oxygen atoms in total. The Labute approximate surface area is 159 Å². The molecule has 0 saturated heterocycles. The van der Waals surface area contributed by atoms with Crippen molar-refractivity contribution in [1.29, 1.82) is 0 Å². The van der Waals surface area contributed by atoms with Gasteiger partial charge in [-0.15, -0.1) is 23.1 Å². The molecule has 4 aromatic rings. The summed E-state index contributed by atoms with van der Waals surface area (Å²) < 4.78 is 7.83. The Kier molecular flexibility index (Phi) is 4.77. The van der Waals surface area contributed by atoms with Crippen molar-refractivity contribution in [2.24, 2.45) is 10.1 Å². The number of aromatic nitrogens is 1. The SMILES string of the molecule is CN=c1scc(-c2cc3ccccc3o2)n1N=Cc1ccc(SC)cc1. The quantitative estimate of drug-likeness (QED) is 0.366. The first-order valence-electron chi connectivity index (χ1n) is 8.09. The lowest BCUT2D eigenvalue weighted by atomic mass is 10.2. The van der Waals surface area contributed by atoms with E-state index in [1.165, 1.54) is 4.90 Å². The Balaban J connectivity index is 1.75. The highest BCUT2D eigenvalue weighted by Crippen LogP contribution is 2.28. The maximum Gasteiger partial charge on any atom is 0.206 e. The molecule has 0 aliphatic rings. The Hall–Kier alpha value is -2.57. The topological polar surface area (TPSA) is 42.8 Å². The minimum absolute atomic E-state index is 0.784. The van der Waals surface area contributed by atoms with Crippen LogP contribution in [0.2, 0.25) is 0 Å². The molecular formula is C20H17N3OS2. The van der Waals surface area contributed by atoms with Crippen LogP contribution in [0.5, 0.6) is 0 Å². The molecule has 0 unspecified atom stereocenters. The summed E-state index contributed by atoms with van der Waals surface area (Å²) in [6.45, 7) is 0. The summed E-state index contributed by atoms with van der Waals surface area (Å²) in [5.41, 5.74) is 2.80. The standard InChI is InChI=1S/C20H17N3OS2/c1-21-20-23(22-12-14-7-9-16(25-2)10-8-14)17(13-26-20)19-11-15-5-3-4-6-18(15)24-19/h3-13H,1-2H3. The highest BCUT2D eigenvalue weighted by Gasteiger charge is 2.12. The predicted octanol–water partition coefficient (Wildman–Crippen LogP) is 5.10. The second kappa shape index (κ2) is 7.35. The van der Waals surface area contributed by atoms with Crippen LogP contribution in [-0.4, -0.2) is 24.2 Å². The summed E-state index contributed by atoms with van der Waals surface area (Å²) in [6.07, 6.45) is 3.91. The second-order valence-electron chi connectivity index (χ2n) is 5.61. The van der Waals surface area contributed by atoms with Crippen LogP contribution in [0.3, 0.4) is 0 Å². The third-order valence-electron chi connectivity index (χ3n) is 3.99. The van der Waals surface area contributed by atoms with Gasteiger partial charge in [-0.3, -0.25) is 4.99 Å². The fraction of sp³-hybridized carbons (Fsp3) is 0.100. The van der Waals surface area contributed by atoms with E-state index in [1.54, 1.807) is 30.1 Å². The number of hydrogen-bond donors (Lipinski definition) is 0. The summed E-state index contributed by atoms with van der Waals surface area (Å²) in [6, 6.07) is 18.3. The number of thiazole rings is 1. The van der Waals surface area contributed by atoms with E-state index in [4.69, 9.17) is 4.42 Å². The molecule has 130 valence electrons. The van der Waals surface area contributed by atoms with E-state index in [0.717, 1.165) is 32.8 Å². The fourth-order valence-electron chi connectivity index (χ4n) is 2.66.